The number of thiophene rings is 1. The molecule has 160 valence electrons. The van der Waals surface area contributed by atoms with E-state index in [0.717, 1.165) is 33.0 Å². The van der Waals surface area contributed by atoms with Crippen LogP contribution in [0.5, 0.6) is 0 Å². The van der Waals surface area contributed by atoms with Crippen LogP contribution in [0.25, 0.3) is 21.5 Å². The van der Waals surface area contributed by atoms with Crippen LogP contribution >= 0.6 is 11.3 Å². The number of nitrogen functional groups attached to an aromatic ring is 1. The Labute approximate surface area is 188 Å². The molecule has 5 rings (SSSR count). The van der Waals surface area contributed by atoms with Crippen molar-refractivity contribution < 1.29 is 4.79 Å². The first kappa shape index (κ1) is 20.0. The molecule has 0 aliphatic heterocycles. The van der Waals surface area contributed by atoms with Crippen LogP contribution < -0.4 is 11.1 Å². The van der Waals surface area contributed by atoms with Crippen molar-refractivity contribution in [3.63, 3.8) is 0 Å². The molecule has 5 aromatic rings. The van der Waals surface area contributed by atoms with Gasteiger partial charge in [0.15, 0.2) is 0 Å². The Morgan fingerprint density at radius 1 is 1.16 bits per heavy atom. The van der Waals surface area contributed by atoms with Gasteiger partial charge in [-0.05, 0) is 41.3 Å². The smallest absolute Gasteiger partial charge is 0.224 e. The summed E-state index contributed by atoms with van der Waals surface area (Å²) in [6, 6.07) is 17.6. The fourth-order valence-corrected chi connectivity index (χ4v) is 4.20. The third-order valence-corrected chi connectivity index (χ3v) is 6.00. The average molecular weight is 444 g/mol. The molecule has 0 saturated carbocycles. The maximum Gasteiger partial charge on any atom is 0.224 e. The summed E-state index contributed by atoms with van der Waals surface area (Å²) < 4.78 is 1.72. The van der Waals surface area contributed by atoms with Crippen LogP contribution in [-0.4, -0.2) is 30.9 Å². The molecule has 0 radical (unpaired) electrons. The summed E-state index contributed by atoms with van der Waals surface area (Å²) in [5.74, 6) is 0.688. The van der Waals surface area contributed by atoms with E-state index in [-0.39, 0.29) is 12.3 Å². The molecule has 9 heteroatoms. The fraction of sp³-hybridized carbons (Fsp3) is 0.130. The zero-order valence-electron chi connectivity index (χ0n) is 17.2. The van der Waals surface area contributed by atoms with E-state index in [9.17, 15) is 4.79 Å². The van der Waals surface area contributed by atoms with E-state index in [1.807, 2.05) is 66.2 Å². The van der Waals surface area contributed by atoms with Crippen molar-refractivity contribution >= 4 is 39.7 Å². The lowest BCUT2D eigenvalue weighted by molar-refractivity contribution is -0.116. The van der Waals surface area contributed by atoms with E-state index < -0.39 is 0 Å². The Kier molecular flexibility index (Phi) is 5.39. The number of H-pyrrole nitrogens is 1. The van der Waals surface area contributed by atoms with E-state index in [1.54, 1.807) is 16.0 Å². The summed E-state index contributed by atoms with van der Waals surface area (Å²) >= 11 is 1.64. The number of rotatable bonds is 7. The Hall–Kier alpha value is -3.98. The summed E-state index contributed by atoms with van der Waals surface area (Å²) in [6.07, 6.45) is 2.61. The fourth-order valence-electron chi connectivity index (χ4n) is 3.48. The highest BCUT2D eigenvalue weighted by atomic mass is 32.1. The molecule has 2 aromatic carbocycles. The molecule has 0 aliphatic rings. The Balaban J connectivity index is 1.19. The number of carbonyl (C=O) groups is 1. The van der Waals surface area contributed by atoms with Gasteiger partial charge >= 0.3 is 0 Å². The standard InChI is InChI=1S/C23H21N7OS/c24-17-9-7-15(21-6-3-11-32-21)12-20(17)27-23(31)10-8-16-13-30(29-28-16)14-22-25-18-4-1-2-5-19(18)26-22/h1-7,9,11-13H,8,10,14,24H2,(H,25,26)(H,27,31). The lowest BCUT2D eigenvalue weighted by Gasteiger charge is -2.09. The zero-order chi connectivity index (χ0) is 21.9. The quantitative estimate of drug-likeness (QED) is 0.328. The summed E-state index contributed by atoms with van der Waals surface area (Å²) in [5, 5.41) is 13.3. The van der Waals surface area contributed by atoms with Gasteiger partial charge in [-0.25, -0.2) is 9.67 Å². The number of aromatic nitrogens is 5. The second kappa shape index (κ2) is 8.64. The molecule has 3 heterocycles. The minimum absolute atomic E-state index is 0.119. The monoisotopic (exact) mass is 443 g/mol. The van der Waals surface area contributed by atoms with Gasteiger partial charge in [-0.1, -0.05) is 29.5 Å². The third-order valence-electron chi connectivity index (χ3n) is 5.08. The molecular formula is C23H21N7OS. The summed E-state index contributed by atoms with van der Waals surface area (Å²) in [5.41, 5.74) is 10.9. The number of fused-ring (bicyclic) bond motifs is 1. The maximum absolute atomic E-state index is 12.5. The number of nitrogens with zero attached hydrogens (tertiary/aromatic N) is 4. The molecular weight excluding hydrogens is 422 g/mol. The number of para-hydroxylation sites is 2. The number of nitrogens with one attached hydrogen (secondary N) is 2. The normalized spacial score (nSPS) is 11.1. The Bertz CT molecular complexity index is 1340. The lowest BCUT2D eigenvalue weighted by atomic mass is 10.1. The second-order valence-corrected chi connectivity index (χ2v) is 8.38. The largest absolute Gasteiger partial charge is 0.397 e. The molecule has 32 heavy (non-hydrogen) atoms. The molecule has 0 bridgehead atoms. The molecule has 1 amide bonds. The van der Waals surface area contributed by atoms with Crippen molar-refractivity contribution in [2.75, 3.05) is 11.1 Å². The Morgan fingerprint density at radius 3 is 2.91 bits per heavy atom. The van der Waals surface area contributed by atoms with Crippen molar-refractivity contribution in [2.45, 2.75) is 19.4 Å². The summed E-state index contributed by atoms with van der Waals surface area (Å²) in [4.78, 5) is 21.5. The third kappa shape index (κ3) is 4.37. The van der Waals surface area contributed by atoms with Gasteiger partial charge in [0.1, 0.15) is 12.4 Å². The molecule has 0 atom stereocenters. The number of imidazole rings is 1. The number of carbonyl (C=O) groups excluding carboxylic acids is 1. The van der Waals surface area contributed by atoms with Gasteiger partial charge in [0.05, 0.1) is 28.1 Å². The van der Waals surface area contributed by atoms with Gasteiger partial charge in [-0.15, -0.1) is 16.4 Å². The maximum atomic E-state index is 12.5. The molecule has 0 fully saturated rings. The van der Waals surface area contributed by atoms with Crippen LogP contribution in [0.2, 0.25) is 0 Å². The predicted molar refractivity (Wildman–Crippen MR) is 126 cm³/mol. The number of aromatic amines is 1. The average Bonchev–Trinajstić information content (AvgIpc) is 3.55. The van der Waals surface area contributed by atoms with E-state index >= 15 is 0 Å². The number of benzene rings is 2. The zero-order valence-corrected chi connectivity index (χ0v) is 18.0. The van der Waals surface area contributed by atoms with Crippen LogP contribution in [-0.2, 0) is 17.8 Å². The van der Waals surface area contributed by atoms with Crippen LogP contribution in [0, 0.1) is 0 Å². The molecule has 8 nitrogen and oxygen atoms in total. The molecule has 0 saturated heterocycles. The van der Waals surface area contributed by atoms with Crippen LogP contribution in [0.4, 0.5) is 11.4 Å². The lowest BCUT2D eigenvalue weighted by Crippen LogP contribution is -2.13. The highest BCUT2D eigenvalue weighted by Gasteiger charge is 2.11. The molecule has 0 unspecified atom stereocenters. The van der Waals surface area contributed by atoms with E-state index in [4.69, 9.17) is 5.73 Å². The minimum Gasteiger partial charge on any atom is -0.397 e. The van der Waals surface area contributed by atoms with Crippen molar-refractivity contribution in [2.24, 2.45) is 0 Å². The number of aryl methyl sites for hydroxylation is 1. The second-order valence-electron chi connectivity index (χ2n) is 7.44. The van der Waals surface area contributed by atoms with Gasteiger partial charge in [0.25, 0.3) is 0 Å². The van der Waals surface area contributed by atoms with Crippen LogP contribution in [0.15, 0.2) is 66.2 Å². The number of anilines is 2. The first-order valence-electron chi connectivity index (χ1n) is 10.2. The van der Waals surface area contributed by atoms with Crippen molar-refractivity contribution in [3.05, 3.63) is 77.7 Å². The number of hydrogen-bond donors (Lipinski definition) is 3. The number of nitrogens with two attached hydrogens (primary N) is 1. The van der Waals surface area contributed by atoms with Gasteiger partial charge in [0, 0.05) is 23.9 Å². The summed E-state index contributed by atoms with van der Waals surface area (Å²) in [7, 11) is 0. The molecule has 4 N–H and O–H groups in total. The highest BCUT2D eigenvalue weighted by Crippen LogP contribution is 2.30. The number of hydrogen-bond acceptors (Lipinski definition) is 6. The van der Waals surface area contributed by atoms with Gasteiger partial charge in [-0.3, -0.25) is 4.79 Å². The predicted octanol–water partition coefficient (Wildman–Crippen LogP) is 4.08. The van der Waals surface area contributed by atoms with Crippen LogP contribution in [0.3, 0.4) is 0 Å². The van der Waals surface area contributed by atoms with Gasteiger partial charge < -0.3 is 16.0 Å². The van der Waals surface area contributed by atoms with Crippen molar-refractivity contribution in [3.8, 4) is 10.4 Å². The molecule has 3 aromatic heterocycles. The van der Waals surface area contributed by atoms with Crippen molar-refractivity contribution in [1.29, 1.82) is 0 Å². The van der Waals surface area contributed by atoms with Crippen LogP contribution in [0.1, 0.15) is 17.9 Å². The van der Waals surface area contributed by atoms with Gasteiger partial charge in [0.2, 0.25) is 5.91 Å². The molecule has 0 aliphatic carbocycles. The molecule has 0 spiro atoms. The minimum atomic E-state index is -0.119. The first-order valence-corrected chi connectivity index (χ1v) is 11.1. The Morgan fingerprint density at radius 2 is 2.06 bits per heavy atom. The van der Waals surface area contributed by atoms with E-state index in [2.05, 4.69) is 25.6 Å². The van der Waals surface area contributed by atoms with E-state index in [0.29, 0.717) is 24.3 Å². The highest BCUT2D eigenvalue weighted by molar-refractivity contribution is 7.13. The first-order chi connectivity index (χ1) is 15.6. The van der Waals surface area contributed by atoms with Crippen molar-refractivity contribution in [1.82, 2.24) is 25.0 Å². The number of amides is 1. The summed E-state index contributed by atoms with van der Waals surface area (Å²) in [6.45, 7) is 0.486. The van der Waals surface area contributed by atoms with Gasteiger partial charge in [-0.2, -0.15) is 0 Å². The van der Waals surface area contributed by atoms with E-state index in [1.165, 1.54) is 0 Å². The topological polar surface area (TPSA) is 115 Å². The SMILES string of the molecule is Nc1ccc(-c2cccs2)cc1NC(=O)CCc1cn(Cc2nc3ccccc3[nH]2)nn1.